The number of aromatic carboxylic acids is 1. The number of likely N-dealkylation sites (N-methyl/N-ethyl adjacent to an activating group) is 1. The Balaban J connectivity index is 1.89. The minimum atomic E-state index is -0.983. The second-order valence-electron chi connectivity index (χ2n) is 4.39. The Morgan fingerprint density at radius 2 is 2.21 bits per heavy atom. The lowest BCUT2D eigenvalue weighted by molar-refractivity contribution is 0.0690. The van der Waals surface area contributed by atoms with Crippen LogP contribution in [0.1, 0.15) is 21.1 Å². The van der Waals surface area contributed by atoms with Gasteiger partial charge < -0.3 is 10.0 Å². The van der Waals surface area contributed by atoms with Gasteiger partial charge in [-0.05, 0) is 37.0 Å². The topological polar surface area (TPSA) is 53.4 Å². The molecular formula is C14H16N2O2S. The summed E-state index contributed by atoms with van der Waals surface area (Å²) < 4.78 is 0. The molecule has 0 bridgehead atoms. The summed E-state index contributed by atoms with van der Waals surface area (Å²) >= 11 is 1.76. The second-order valence-corrected chi connectivity index (χ2v) is 5.42. The molecule has 0 aliphatic carbocycles. The van der Waals surface area contributed by atoms with Crippen LogP contribution in [-0.2, 0) is 13.0 Å². The monoisotopic (exact) mass is 276 g/mol. The summed E-state index contributed by atoms with van der Waals surface area (Å²) in [4.78, 5) is 18.5. The van der Waals surface area contributed by atoms with Gasteiger partial charge in [0, 0.05) is 18.0 Å². The van der Waals surface area contributed by atoms with E-state index in [0.29, 0.717) is 6.54 Å². The largest absolute Gasteiger partial charge is 0.477 e. The second kappa shape index (κ2) is 6.45. The van der Waals surface area contributed by atoms with Crippen molar-refractivity contribution < 1.29 is 9.90 Å². The molecule has 0 aliphatic heterocycles. The van der Waals surface area contributed by atoms with Crippen LogP contribution in [0.3, 0.4) is 0 Å². The van der Waals surface area contributed by atoms with Gasteiger partial charge in [-0.3, -0.25) is 0 Å². The summed E-state index contributed by atoms with van der Waals surface area (Å²) in [5.74, 6) is -0.983. The molecule has 5 heteroatoms. The predicted molar refractivity (Wildman–Crippen MR) is 75.6 cm³/mol. The van der Waals surface area contributed by atoms with Gasteiger partial charge in [-0.25, -0.2) is 9.78 Å². The van der Waals surface area contributed by atoms with Crippen molar-refractivity contribution in [2.75, 3.05) is 13.6 Å². The highest BCUT2D eigenvalue weighted by molar-refractivity contribution is 7.09. The molecule has 2 aromatic heterocycles. The van der Waals surface area contributed by atoms with Gasteiger partial charge in [0.1, 0.15) is 5.69 Å². The molecule has 0 spiro atoms. The average Bonchev–Trinajstić information content (AvgIpc) is 2.90. The van der Waals surface area contributed by atoms with E-state index in [9.17, 15) is 4.79 Å². The van der Waals surface area contributed by atoms with Crippen molar-refractivity contribution in [3.63, 3.8) is 0 Å². The van der Waals surface area contributed by atoms with E-state index < -0.39 is 5.97 Å². The van der Waals surface area contributed by atoms with Crippen molar-refractivity contribution in [1.29, 1.82) is 0 Å². The van der Waals surface area contributed by atoms with E-state index in [1.807, 2.05) is 13.1 Å². The van der Waals surface area contributed by atoms with Gasteiger partial charge in [-0.1, -0.05) is 12.1 Å². The van der Waals surface area contributed by atoms with E-state index in [4.69, 9.17) is 5.11 Å². The lowest BCUT2D eigenvalue weighted by atomic mass is 10.2. The minimum absolute atomic E-state index is 0.101. The van der Waals surface area contributed by atoms with E-state index in [-0.39, 0.29) is 5.69 Å². The molecule has 0 amide bonds. The van der Waals surface area contributed by atoms with Gasteiger partial charge in [0.2, 0.25) is 0 Å². The van der Waals surface area contributed by atoms with Crippen molar-refractivity contribution >= 4 is 17.3 Å². The number of thiophene rings is 1. The quantitative estimate of drug-likeness (QED) is 0.881. The molecule has 2 rings (SSSR count). The van der Waals surface area contributed by atoms with E-state index in [2.05, 4.69) is 27.4 Å². The fourth-order valence-electron chi connectivity index (χ4n) is 1.80. The molecule has 19 heavy (non-hydrogen) atoms. The number of pyridine rings is 1. The average molecular weight is 276 g/mol. The maximum atomic E-state index is 10.8. The highest BCUT2D eigenvalue weighted by Gasteiger charge is 2.07. The van der Waals surface area contributed by atoms with Gasteiger partial charge in [0.15, 0.2) is 0 Å². The fraction of sp³-hybridized carbons (Fsp3) is 0.286. The molecule has 1 N–H and O–H groups in total. The number of carbonyl (C=O) groups is 1. The first-order valence-electron chi connectivity index (χ1n) is 6.05. The third kappa shape index (κ3) is 4.15. The van der Waals surface area contributed by atoms with Crippen molar-refractivity contribution in [2.24, 2.45) is 0 Å². The molecule has 0 atom stereocenters. The molecule has 100 valence electrons. The summed E-state index contributed by atoms with van der Waals surface area (Å²) in [6, 6.07) is 9.28. The molecule has 0 saturated carbocycles. The third-order valence-electron chi connectivity index (χ3n) is 2.78. The van der Waals surface area contributed by atoms with Crippen LogP contribution in [-0.4, -0.2) is 34.6 Å². The van der Waals surface area contributed by atoms with Crippen molar-refractivity contribution in [3.05, 3.63) is 52.0 Å². The van der Waals surface area contributed by atoms with E-state index >= 15 is 0 Å². The molecule has 0 aromatic carbocycles. The first-order valence-corrected chi connectivity index (χ1v) is 6.93. The van der Waals surface area contributed by atoms with Gasteiger partial charge in [0.05, 0.1) is 5.69 Å². The summed E-state index contributed by atoms with van der Waals surface area (Å²) in [7, 11) is 2.02. The summed E-state index contributed by atoms with van der Waals surface area (Å²) in [6.45, 7) is 1.59. The molecule has 4 nitrogen and oxygen atoms in total. The number of rotatable bonds is 6. The first-order chi connectivity index (χ1) is 9.15. The highest BCUT2D eigenvalue weighted by Crippen LogP contribution is 2.10. The zero-order valence-electron chi connectivity index (χ0n) is 10.7. The normalized spacial score (nSPS) is 10.8. The third-order valence-corrected chi connectivity index (χ3v) is 3.71. The van der Waals surface area contributed by atoms with Crippen LogP contribution in [0, 0.1) is 0 Å². The lowest BCUT2D eigenvalue weighted by Crippen LogP contribution is -2.21. The van der Waals surface area contributed by atoms with E-state index in [1.165, 1.54) is 10.9 Å². The Labute approximate surface area is 116 Å². The van der Waals surface area contributed by atoms with Gasteiger partial charge in [-0.2, -0.15) is 0 Å². The molecule has 0 fully saturated rings. The molecule has 0 saturated heterocycles. The van der Waals surface area contributed by atoms with Gasteiger partial charge in [0.25, 0.3) is 0 Å². The Kier molecular flexibility index (Phi) is 4.65. The number of hydrogen-bond acceptors (Lipinski definition) is 4. The Hall–Kier alpha value is -1.72. The summed E-state index contributed by atoms with van der Waals surface area (Å²) in [6.07, 6.45) is 1.01. The number of aromatic nitrogens is 1. The Morgan fingerprint density at radius 1 is 1.37 bits per heavy atom. The van der Waals surface area contributed by atoms with E-state index in [1.54, 1.807) is 17.4 Å². The minimum Gasteiger partial charge on any atom is -0.477 e. The molecule has 0 aliphatic rings. The van der Waals surface area contributed by atoms with Gasteiger partial charge >= 0.3 is 5.97 Å². The fourth-order valence-corrected chi connectivity index (χ4v) is 2.50. The van der Waals surface area contributed by atoms with Crippen LogP contribution >= 0.6 is 11.3 Å². The molecule has 2 heterocycles. The van der Waals surface area contributed by atoms with Crippen LogP contribution in [0.25, 0.3) is 0 Å². The summed E-state index contributed by atoms with van der Waals surface area (Å²) in [5.41, 5.74) is 0.887. The number of nitrogens with zero attached hydrogens (tertiary/aromatic N) is 2. The first kappa shape index (κ1) is 13.7. The maximum absolute atomic E-state index is 10.8. The van der Waals surface area contributed by atoms with Crippen LogP contribution in [0.15, 0.2) is 35.7 Å². The predicted octanol–water partition coefficient (Wildman–Crippen LogP) is 2.52. The molecule has 2 aromatic rings. The van der Waals surface area contributed by atoms with Crippen LogP contribution in [0.2, 0.25) is 0 Å². The molecular weight excluding hydrogens is 260 g/mol. The standard InChI is InChI=1S/C14H16N2O2S/c1-16(8-7-12-5-3-9-19-12)10-11-4-2-6-13(15-11)14(17)18/h2-6,9H,7-8,10H2,1H3,(H,17,18). The van der Waals surface area contributed by atoms with Crippen LogP contribution in [0.5, 0.6) is 0 Å². The highest BCUT2D eigenvalue weighted by atomic mass is 32.1. The van der Waals surface area contributed by atoms with Crippen molar-refractivity contribution in [3.8, 4) is 0 Å². The van der Waals surface area contributed by atoms with Crippen molar-refractivity contribution in [2.45, 2.75) is 13.0 Å². The van der Waals surface area contributed by atoms with Gasteiger partial charge in [-0.15, -0.1) is 11.3 Å². The molecule has 0 radical (unpaired) electrons. The number of hydrogen-bond donors (Lipinski definition) is 1. The summed E-state index contributed by atoms with van der Waals surface area (Å²) in [5, 5.41) is 11.0. The molecule has 0 unspecified atom stereocenters. The maximum Gasteiger partial charge on any atom is 0.354 e. The number of carboxylic acid groups (broad SMARTS) is 1. The zero-order valence-corrected chi connectivity index (χ0v) is 11.6. The zero-order chi connectivity index (χ0) is 13.7. The van der Waals surface area contributed by atoms with Crippen molar-refractivity contribution in [1.82, 2.24) is 9.88 Å². The number of carboxylic acids is 1. The lowest BCUT2D eigenvalue weighted by Gasteiger charge is -2.15. The van der Waals surface area contributed by atoms with E-state index in [0.717, 1.165) is 18.7 Å². The van der Waals surface area contributed by atoms with Crippen LogP contribution in [0.4, 0.5) is 0 Å². The van der Waals surface area contributed by atoms with Crippen LogP contribution < -0.4 is 0 Å². The Bertz CT molecular complexity index is 540. The Morgan fingerprint density at radius 3 is 2.89 bits per heavy atom. The smallest absolute Gasteiger partial charge is 0.354 e. The SMILES string of the molecule is CN(CCc1cccs1)Cc1cccc(C(=O)O)n1.